The average molecular weight is 289 g/mol. The Bertz CT molecular complexity index is 517. The van der Waals surface area contributed by atoms with Crippen LogP contribution in [-0.4, -0.2) is 37.0 Å². The monoisotopic (exact) mass is 289 g/mol. The van der Waals surface area contributed by atoms with Crippen molar-refractivity contribution in [3.8, 4) is 0 Å². The molecule has 3 rings (SSSR count). The number of likely N-dealkylation sites (tertiary alicyclic amines) is 1. The van der Waals surface area contributed by atoms with Crippen LogP contribution in [0.15, 0.2) is 29.3 Å². The lowest BCUT2D eigenvalue weighted by atomic mass is 9.95. The summed E-state index contributed by atoms with van der Waals surface area (Å²) in [6.45, 7) is 5.82. The molecule has 0 radical (unpaired) electrons. The molecule has 1 N–H and O–H groups in total. The van der Waals surface area contributed by atoms with Crippen molar-refractivity contribution in [1.29, 1.82) is 0 Å². The van der Waals surface area contributed by atoms with Gasteiger partial charge in [0.1, 0.15) is 5.82 Å². The molecule has 2 fully saturated rings. The lowest BCUT2D eigenvalue weighted by Crippen LogP contribution is -2.40. The minimum Gasteiger partial charge on any atom is -0.357 e. The number of hydrogen-bond donors (Lipinski definition) is 1. The summed E-state index contributed by atoms with van der Waals surface area (Å²) < 4.78 is 14.0. The highest BCUT2D eigenvalue weighted by Gasteiger charge is 2.45. The van der Waals surface area contributed by atoms with Crippen LogP contribution in [-0.2, 0) is 5.41 Å². The second kappa shape index (κ2) is 6.04. The SMILES string of the molecule is CCNC(=NCC1(c2ccccc2F)CC1)N1CCCC1. The third-order valence-electron chi connectivity index (χ3n) is 4.57. The molecule has 4 heteroatoms. The normalized spacial score (nSPS) is 20.7. The van der Waals surface area contributed by atoms with E-state index in [0.717, 1.165) is 44.0 Å². The number of halogens is 1. The van der Waals surface area contributed by atoms with Crippen LogP contribution in [0.25, 0.3) is 0 Å². The predicted molar refractivity (Wildman–Crippen MR) is 84.1 cm³/mol. The summed E-state index contributed by atoms with van der Waals surface area (Å²) in [5.41, 5.74) is 0.775. The van der Waals surface area contributed by atoms with E-state index in [1.54, 1.807) is 12.1 Å². The predicted octanol–water partition coefficient (Wildman–Crippen LogP) is 2.92. The fourth-order valence-electron chi connectivity index (χ4n) is 3.14. The molecule has 1 aromatic rings. The molecule has 114 valence electrons. The van der Waals surface area contributed by atoms with Crippen molar-refractivity contribution in [2.24, 2.45) is 4.99 Å². The van der Waals surface area contributed by atoms with E-state index in [2.05, 4.69) is 17.1 Å². The van der Waals surface area contributed by atoms with Gasteiger partial charge in [0.05, 0.1) is 6.54 Å². The molecule has 0 amide bonds. The highest BCUT2D eigenvalue weighted by Crippen LogP contribution is 2.49. The van der Waals surface area contributed by atoms with E-state index in [9.17, 15) is 4.39 Å². The lowest BCUT2D eigenvalue weighted by molar-refractivity contribution is 0.489. The van der Waals surface area contributed by atoms with Gasteiger partial charge in [-0.25, -0.2) is 4.39 Å². The van der Waals surface area contributed by atoms with Gasteiger partial charge in [-0.3, -0.25) is 4.99 Å². The number of hydrogen-bond acceptors (Lipinski definition) is 1. The standard InChI is InChI=1S/C17H24FN3/c1-2-19-16(21-11-5-6-12-21)20-13-17(9-10-17)14-7-3-4-8-15(14)18/h3-4,7-8H,2,5-6,9-13H2,1H3,(H,19,20). The molecule has 0 unspecified atom stereocenters. The van der Waals surface area contributed by atoms with Crippen LogP contribution >= 0.6 is 0 Å². The van der Waals surface area contributed by atoms with Crippen LogP contribution in [0, 0.1) is 5.82 Å². The Kier molecular flexibility index (Phi) is 4.13. The number of nitrogens with zero attached hydrogens (tertiary/aromatic N) is 2. The van der Waals surface area contributed by atoms with Crippen molar-refractivity contribution in [1.82, 2.24) is 10.2 Å². The fraction of sp³-hybridized carbons (Fsp3) is 0.588. The molecule has 1 aliphatic heterocycles. The number of guanidine groups is 1. The van der Waals surface area contributed by atoms with Crippen LogP contribution in [0.2, 0.25) is 0 Å². The molecule has 1 saturated carbocycles. The van der Waals surface area contributed by atoms with E-state index in [1.165, 1.54) is 12.8 Å². The van der Waals surface area contributed by atoms with Gasteiger partial charge in [-0.15, -0.1) is 0 Å². The summed E-state index contributed by atoms with van der Waals surface area (Å²) in [6.07, 6.45) is 4.55. The van der Waals surface area contributed by atoms with Gasteiger partial charge in [0, 0.05) is 25.0 Å². The van der Waals surface area contributed by atoms with E-state index in [0.29, 0.717) is 6.54 Å². The van der Waals surface area contributed by atoms with Crippen molar-refractivity contribution < 1.29 is 4.39 Å². The van der Waals surface area contributed by atoms with Gasteiger partial charge in [-0.1, -0.05) is 18.2 Å². The second-order valence-electron chi connectivity index (χ2n) is 6.12. The van der Waals surface area contributed by atoms with Gasteiger partial charge in [-0.05, 0) is 44.2 Å². The Morgan fingerprint density at radius 2 is 2.00 bits per heavy atom. The van der Waals surface area contributed by atoms with Crippen molar-refractivity contribution >= 4 is 5.96 Å². The molecule has 1 saturated heterocycles. The Hall–Kier alpha value is -1.58. The molecular weight excluding hydrogens is 265 g/mol. The molecule has 1 aromatic carbocycles. The van der Waals surface area contributed by atoms with E-state index < -0.39 is 0 Å². The zero-order chi connectivity index (χ0) is 14.7. The van der Waals surface area contributed by atoms with Crippen molar-refractivity contribution in [3.63, 3.8) is 0 Å². The van der Waals surface area contributed by atoms with Crippen molar-refractivity contribution in [2.75, 3.05) is 26.2 Å². The molecule has 0 bridgehead atoms. The largest absolute Gasteiger partial charge is 0.357 e. The van der Waals surface area contributed by atoms with Crippen molar-refractivity contribution in [2.45, 2.75) is 38.0 Å². The summed E-state index contributed by atoms with van der Waals surface area (Å²) in [6, 6.07) is 7.16. The molecule has 1 heterocycles. The summed E-state index contributed by atoms with van der Waals surface area (Å²) in [7, 11) is 0. The van der Waals surface area contributed by atoms with E-state index in [-0.39, 0.29) is 11.2 Å². The average Bonchev–Trinajstić information content (AvgIpc) is 3.08. The van der Waals surface area contributed by atoms with E-state index in [4.69, 9.17) is 4.99 Å². The first-order valence-corrected chi connectivity index (χ1v) is 8.03. The lowest BCUT2D eigenvalue weighted by Gasteiger charge is -2.22. The Balaban J connectivity index is 1.75. The van der Waals surface area contributed by atoms with Gasteiger partial charge >= 0.3 is 0 Å². The van der Waals surface area contributed by atoms with Gasteiger partial charge in [0.15, 0.2) is 5.96 Å². The Morgan fingerprint density at radius 3 is 2.62 bits per heavy atom. The number of nitrogens with one attached hydrogen (secondary N) is 1. The van der Waals surface area contributed by atoms with E-state index >= 15 is 0 Å². The van der Waals surface area contributed by atoms with Crippen molar-refractivity contribution in [3.05, 3.63) is 35.6 Å². The molecule has 3 nitrogen and oxygen atoms in total. The zero-order valence-electron chi connectivity index (χ0n) is 12.7. The number of rotatable bonds is 4. The maximum Gasteiger partial charge on any atom is 0.193 e. The zero-order valence-corrected chi connectivity index (χ0v) is 12.7. The van der Waals surface area contributed by atoms with Crippen LogP contribution in [0.3, 0.4) is 0 Å². The Morgan fingerprint density at radius 1 is 1.29 bits per heavy atom. The van der Waals surface area contributed by atoms with Gasteiger partial charge < -0.3 is 10.2 Å². The highest BCUT2D eigenvalue weighted by molar-refractivity contribution is 5.80. The van der Waals surface area contributed by atoms with Crippen LogP contribution in [0.4, 0.5) is 4.39 Å². The number of aliphatic imine (C=N–C) groups is 1. The maximum atomic E-state index is 14.0. The minimum atomic E-state index is -0.0867. The third-order valence-corrected chi connectivity index (χ3v) is 4.57. The van der Waals surface area contributed by atoms with E-state index in [1.807, 2.05) is 12.1 Å². The molecule has 2 aliphatic rings. The molecule has 0 aromatic heterocycles. The van der Waals surface area contributed by atoms with Gasteiger partial charge in [0.25, 0.3) is 0 Å². The maximum absolute atomic E-state index is 14.0. The van der Waals surface area contributed by atoms with Crippen LogP contribution < -0.4 is 5.32 Å². The molecule has 0 atom stereocenters. The smallest absolute Gasteiger partial charge is 0.193 e. The quantitative estimate of drug-likeness (QED) is 0.682. The van der Waals surface area contributed by atoms with Gasteiger partial charge in [0.2, 0.25) is 0 Å². The topological polar surface area (TPSA) is 27.6 Å². The minimum absolute atomic E-state index is 0.0638. The van der Waals surface area contributed by atoms with Crippen LogP contribution in [0.5, 0.6) is 0 Å². The molecule has 21 heavy (non-hydrogen) atoms. The Labute approximate surface area is 126 Å². The van der Waals surface area contributed by atoms with Gasteiger partial charge in [-0.2, -0.15) is 0 Å². The molecule has 0 spiro atoms. The third kappa shape index (κ3) is 3.04. The second-order valence-corrected chi connectivity index (χ2v) is 6.12. The number of benzene rings is 1. The first-order valence-electron chi connectivity index (χ1n) is 8.03. The summed E-state index contributed by atoms with van der Waals surface area (Å²) >= 11 is 0. The highest BCUT2D eigenvalue weighted by atomic mass is 19.1. The summed E-state index contributed by atoms with van der Waals surface area (Å²) in [5.74, 6) is 0.911. The fourth-order valence-corrected chi connectivity index (χ4v) is 3.14. The first kappa shape index (κ1) is 14.4. The summed E-state index contributed by atoms with van der Waals surface area (Å²) in [4.78, 5) is 7.13. The van der Waals surface area contributed by atoms with Crippen LogP contribution in [0.1, 0.15) is 38.2 Å². The first-order chi connectivity index (χ1) is 10.2. The molecule has 1 aliphatic carbocycles. The summed E-state index contributed by atoms with van der Waals surface area (Å²) in [5, 5.41) is 3.37. The molecular formula is C17H24FN3.